The highest BCUT2D eigenvalue weighted by Crippen LogP contribution is 2.40. The van der Waals surface area contributed by atoms with Crippen molar-refractivity contribution in [1.82, 2.24) is 5.32 Å². The fourth-order valence-electron chi connectivity index (χ4n) is 2.67. The van der Waals surface area contributed by atoms with E-state index in [2.05, 4.69) is 18.3 Å². The molecule has 0 aromatic heterocycles. The first kappa shape index (κ1) is 16.5. The number of carbonyl (C=O) groups excluding carboxylic acids is 1. The number of amides is 1. The van der Waals surface area contributed by atoms with Gasteiger partial charge in [-0.05, 0) is 19.4 Å². The van der Waals surface area contributed by atoms with Gasteiger partial charge in [0.15, 0.2) is 11.5 Å². The lowest BCUT2D eigenvalue weighted by molar-refractivity contribution is 0.151. The van der Waals surface area contributed by atoms with Gasteiger partial charge in [0.05, 0.1) is 6.61 Å². The van der Waals surface area contributed by atoms with Crippen LogP contribution >= 0.6 is 0 Å². The van der Waals surface area contributed by atoms with E-state index in [1.807, 2.05) is 12.1 Å². The van der Waals surface area contributed by atoms with Gasteiger partial charge in [0.25, 0.3) is 0 Å². The Hall–Kier alpha value is -1.91. The van der Waals surface area contributed by atoms with Crippen molar-refractivity contribution in [2.24, 2.45) is 0 Å². The topological polar surface area (TPSA) is 56.8 Å². The quantitative estimate of drug-likeness (QED) is 0.742. The van der Waals surface area contributed by atoms with Crippen molar-refractivity contribution in [1.29, 1.82) is 0 Å². The zero-order valence-corrected chi connectivity index (χ0v) is 13.4. The molecule has 122 valence electrons. The van der Waals surface area contributed by atoms with Crippen molar-refractivity contribution >= 4 is 6.09 Å². The molecule has 5 nitrogen and oxygen atoms in total. The van der Waals surface area contributed by atoms with E-state index in [4.69, 9.17) is 14.2 Å². The molecule has 1 heterocycles. The van der Waals surface area contributed by atoms with Crippen molar-refractivity contribution in [2.45, 2.75) is 45.4 Å². The molecule has 1 aromatic rings. The third kappa shape index (κ3) is 4.29. The third-order valence-electron chi connectivity index (χ3n) is 3.79. The fraction of sp³-hybridized carbons (Fsp3) is 0.588. The number of hydrogen-bond acceptors (Lipinski definition) is 4. The van der Waals surface area contributed by atoms with Crippen LogP contribution in [0.1, 0.15) is 51.0 Å². The summed E-state index contributed by atoms with van der Waals surface area (Å²) in [6.45, 7) is 5.17. The maximum atomic E-state index is 11.6. The van der Waals surface area contributed by atoms with Crippen LogP contribution in [0.2, 0.25) is 0 Å². The minimum absolute atomic E-state index is 0.201. The number of carbonyl (C=O) groups is 1. The predicted molar refractivity (Wildman–Crippen MR) is 84.5 cm³/mol. The van der Waals surface area contributed by atoms with Gasteiger partial charge in [-0.15, -0.1) is 0 Å². The van der Waals surface area contributed by atoms with Crippen LogP contribution in [0.3, 0.4) is 0 Å². The molecule has 1 amide bonds. The van der Waals surface area contributed by atoms with Gasteiger partial charge < -0.3 is 19.5 Å². The Labute approximate surface area is 131 Å². The first-order valence-electron chi connectivity index (χ1n) is 8.05. The second-order valence-electron chi connectivity index (χ2n) is 5.38. The number of rotatable bonds is 8. The molecule has 0 bridgehead atoms. The Morgan fingerprint density at radius 2 is 2.18 bits per heavy atom. The van der Waals surface area contributed by atoms with Gasteiger partial charge in [-0.25, -0.2) is 4.79 Å². The molecule has 5 heteroatoms. The van der Waals surface area contributed by atoms with Crippen LogP contribution in [0.15, 0.2) is 18.2 Å². The standard InChI is InChI=1S/C17H25NO4/c1-3-5-6-8-13(11-18-17(19)20-4-2)14-9-7-10-15-16(14)22-12-21-15/h7,9-10,13H,3-6,8,11-12H2,1-2H3,(H,18,19)/t13-/m0/s1. The molecule has 1 atom stereocenters. The lowest BCUT2D eigenvalue weighted by atomic mass is 9.92. The molecular weight excluding hydrogens is 282 g/mol. The average Bonchev–Trinajstić information content (AvgIpc) is 2.99. The Morgan fingerprint density at radius 3 is 2.95 bits per heavy atom. The van der Waals surface area contributed by atoms with Crippen LogP contribution in [-0.2, 0) is 4.74 Å². The van der Waals surface area contributed by atoms with E-state index >= 15 is 0 Å². The second-order valence-corrected chi connectivity index (χ2v) is 5.38. The molecular formula is C17H25NO4. The largest absolute Gasteiger partial charge is 0.454 e. The lowest BCUT2D eigenvalue weighted by Gasteiger charge is -2.19. The van der Waals surface area contributed by atoms with Crippen LogP contribution in [0, 0.1) is 0 Å². The normalized spacial score (nSPS) is 13.7. The maximum absolute atomic E-state index is 11.6. The molecule has 0 saturated carbocycles. The van der Waals surface area contributed by atoms with Crippen LogP contribution in [0.5, 0.6) is 11.5 Å². The number of ether oxygens (including phenoxy) is 3. The molecule has 0 spiro atoms. The van der Waals surface area contributed by atoms with E-state index in [1.54, 1.807) is 6.92 Å². The van der Waals surface area contributed by atoms with Gasteiger partial charge in [-0.1, -0.05) is 38.3 Å². The number of unbranched alkanes of at least 4 members (excludes halogenated alkanes) is 2. The molecule has 0 saturated heterocycles. The van der Waals surface area contributed by atoms with Gasteiger partial charge in [0, 0.05) is 18.0 Å². The molecule has 1 aliphatic heterocycles. The first-order valence-corrected chi connectivity index (χ1v) is 8.05. The van der Waals surface area contributed by atoms with Crippen molar-refractivity contribution in [3.05, 3.63) is 23.8 Å². The number of para-hydroxylation sites is 1. The van der Waals surface area contributed by atoms with Crippen LogP contribution < -0.4 is 14.8 Å². The highest BCUT2D eigenvalue weighted by Gasteiger charge is 2.23. The van der Waals surface area contributed by atoms with E-state index in [1.165, 1.54) is 12.8 Å². The summed E-state index contributed by atoms with van der Waals surface area (Å²) in [5.74, 6) is 1.80. The van der Waals surface area contributed by atoms with Gasteiger partial charge in [0.2, 0.25) is 6.79 Å². The Morgan fingerprint density at radius 1 is 1.32 bits per heavy atom. The molecule has 22 heavy (non-hydrogen) atoms. The summed E-state index contributed by atoms with van der Waals surface area (Å²) in [6, 6.07) is 5.94. The van der Waals surface area contributed by atoms with Crippen molar-refractivity contribution in [2.75, 3.05) is 19.9 Å². The highest BCUT2D eigenvalue weighted by molar-refractivity contribution is 5.67. The van der Waals surface area contributed by atoms with E-state index < -0.39 is 0 Å². The lowest BCUT2D eigenvalue weighted by Crippen LogP contribution is -2.29. The van der Waals surface area contributed by atoms with Crippen molar-refractivity contribution in [3.63, 3.8) is 0 Å². The fourth-order valence-corrected chi connectivity index (χ4v) is 2.67. The molecule has 0 fully saturated rings. The molecule has 1 N–H and O–H groups in total. The number of nitrogens with one attached hydrogen (secondary N) is 1. The van der Waals surface area contributed by atoms with Crippen LogP contribution in [0.25, 0.3) is 0 Å². The number of alkyl carbamates (subject to hydrolysis) is 1. The molecule has 0 radical (unpaired) electrons. The minimum Gasteiger partial charge on any atom is -0.454 e. The zero-order valence-electron chi connectivity index (χ0n) is 13.4. The summed E-state index contributed by atoms with van der Waals surface area (Å²) in [6.07, 6.45) is 4.11. The Balaban J connectivity index is 2.06. The summed E-state index contributed by atoms with van der Waals surface area (Å²) in [4.78, 5) is 11.6. The monoisotopic (exact) mass is 307 g/mol. The smallest absolute Gasteiger partial charge is 0.407 e. The Bertz CT molecular complexity index is 490. The van der Waals surface area contributed by atoms with E-state index in [9.17, 15) is 4.79 Å². The van der Waals surface area contributed by atoms with E-state index in [-0.39, 0.29) is 18.8 Å². The average molecular weight is 307 g/mol. The molecule has 0 unspecified atom stereocenters. The van der Waals surface area contributed by atoms with Crippen molar-refractivity contribution in [3.8, 4) is 11.5 Å². The third-order valence-corrected chi connectivity index (χ3v) is 3.79. The molecule has 2 rings (SSSR count). The summed E-state index contributed by atoms with van der Waals surface area (Å²) in [5, 5.41) is 2.84. The molecule has 1 aromatic carbocycles. The van der Waals surface area contributed by atoms with E-state index in [0.29, 0.717) is 13.2 Å². The van der Waals surface area contributed by atoms with Crippen molar-refractivity contribution < 1.29 is 19.0 Å². The second kappa shape index (κ2) is 8.51. The first-order chi connectivity index (χ1) is 10.8. The van der Waals surface area contributed by atoms with Gasteiger partial charge in [0.1, 0.15) is 0 Å². The number of fused-ring (bicyclic) bond motifs is 1. The van der Waals surface area contributed by atoms with Crippen LogP contribution in [-0.4, -0.2) is 26.0 Å². The summed E-state index contributed by atoms with van der Waals surface area (Å²) < 4.78 is 16.0. The molecule has 0 aliphatic carbocycles. The minimum atomic E-state index is -0.368. The van der Waals surface area contributed by atoms with Gasteiger partial charge in [-0.2, -0.15) is 0 Å². The summed E-state index contributed by atoms with van der Waals surface area (Å²) in [5.41, 5.74) is 1.10. The highest BCUT2D eigenvalue weighted by atomic mass is 16.7. The molecule has 1 aliphatic rings. The van der Waals surface area contributed by atoms with Gasteiger partial charge in [-0.3, -0.25) is 0 Å². The van der Waals surface area contributed by atoms with Crippen LogP contribution in [0.4, 0.5) is 4.79 Å². The maximum Gasteiger partial charge on any atom is 0.407 e. The predicted octanol–water partition coefficient (Wildman–Crippen LogP) is 3.83. The Kier molecular flexibility index (Phi) is 6.37. The SMILES string of the molecule is CCCCC[C@@H](CNC(=O)OCC)c1cccc2c1OCO2. The van der Waals surface area contributed by atoms with Gasteiger partial charge >= 0.3 is 6.09 Å². The summed E-state index contributed by atoms with van der Waals surface area (Å²) >= 11 is 0. The van der Waals surface area contributed by atoms with E-state index in [0.717, 1.165) is 29.9 Å². The zero-order chi connectivity index (χ0) is 15.8. The summed E-state index contributed by atoms with van der Waals surface area (Å²) in [7, 11) is 0. The number of benzene rings is 1. The number of hydrogen-bond donors (Lipinski definition) is 1.